The van der Waals surface area contributed by atoms with E-state index in [-0.39, 0.29) is 40.0 Å². The summed E-state index contributed by atoms with van der Waals surface area (Å²) < 4.78 is 15.2. The van der Waals surface area contributed by atoms with Gasteiger partial charge in [0, 0.05) is 0 Å². The maximum atomic E-state index is 5.09. The Morgan fingerprint density at radius 3 is 1.65 bits per heavy atom. The number of rotatable bonds is 3. The van der Waals surface area contributed by atoms with Gasteiger partial charge in [-0.25, -0.2) is 0 Å². The molecule has 5 heteroatoms. The minimum Gasteiger partial charge on any atom is -0.550 e. The average Bonchev–Trinajstić information content (AvgIpc) is 2.28. The van der Waals surface area contributed by atoms with Crippen LogP contribution in [0.5, 0.6) is 17.2 Å². The molecular weight excluding hydrogens is 296 g/mol. The van der Waals surface area contributed by atoms with Crippen LogP contribution in [0.25, 0.3) is 0 Å². The normalized spacial score (nSPS) is 7.59. The number of methoxy groups -OCH3 is 3. The summed E-state index contributed by atoms with van der Waals surface area (Å²) in [7, 11) is 4.72. The predicted octanol–water partition coefficient (Wildman–Crippen LogP) is 2.94. The molecule has 94 valence electrons. The SMILES string of the molecule is Br.COc1c[c-]cc(OC)c1OC.[CH2-]CC.[Mg+2]. The van der Waals surface area contributed by atoms with Crippen LogP contribution >= 0.6 is 17.0 Å². The third kappa shape index (κ3) is 7.73. The minimum atomic E-state index is 0. The summed E-state index contributed by atoms with van der Waals surface area (Å²) in [6, 6.07) is 6.27. The van der Waals surface area contributed by atoms with Gasteiger partial charge in [0.05, 0.1) is 38.6 Å². The molecule has 1 aromatic carbocycles. The summed E-state index contributed by atoms with van der Waals surface area (Å²) in [6.45, 7) is 5.50. The molecule has 0 aliphatic heterocycles. The third-order valence-corrected chi connectivity index (χ3v) is 1.52. The molecule has 3 nitrogen and oxygen atoms in total. The van der Waals surface area contributed by atoms with Crippen molar-refractivity contribution in [2.45, 2.75) is 13.3 Å². The van der Waals surface area contributed by atoms with Crippen molar-refractivity contribution < 1.29 is 14.2 Å². The molecule has 0 aliphatic carbocycles. The first-order chi connectivity index (χ1) is 7.24. The van der Waals surface area contributed by atoms with Gasteiger partial charge in [-0.2, -0.15) is 12.5 Å². The fraction of sp³-hybridized carbons (Fsp3) is 0.417. The van der Waals surface area contributed by atoms with Crippen LogP contribution in [0.4, 0.5) is 0 Å². The fourth-order valence-electron chi connectivity index (χ4n) is 0.950. The molecule has 0 fully saturated rings. The smallest absolute Gasteiger partial charge is 0.550 e. The van der Waals surface area contributed by atoms with Crippen molar-refractivity contribution in [1.82, 2.24) is 0 Å². The van der Waals surface area contributed by atoms with E-state index in [9.17, 15) is 0 Å². The molecular formula is C12H19BrMgO3. The topological polar surface area (TPSA) is 27.7 Å². The van der Waals surface area contributed by atoms with Crippen LogP contribution in [0.2, 0.25) is 0 Å². The van der Waals surface area contributed by atoms with E-state index in [4.69, 9.17) is 14.2 Å². The van der Waals surface area contributed by atoms with Crippen molar-refractivity contribution >= 4 is 40.0 Å². The quantitative estimate of drug-likeness (QED) is 0.634. The van der Waals surface area contributed by atoms with Gasteiger partial charge in [0.1, 0.15) is 0 Å². The number of halogens is 1. The molecule has 0 heterocycles. The van der Waals surface area contributed by atoms with E-state index in [1.807, 2.05) is 6.92 Å². The zero-order valence-electron chi connectivity index (χ0n) is 10.9. The Morgan fingerprint density at radius 1 is 1.06 bits per heavy atom. The van der Waals surface area contributed by atoms with E-state index in [1.165, 1.54) is 0 Å². The molecule has 0 saturated carbocycles. The van der Waals surface area contributed by atoms with E-state index < -0.39 is 0 Å². The summed E-state index contributed by atoms with van der Waals surface area (Å²) in [4.78, 5) is 0. The second kappa shape index (κ2) is 13.9. The molecule has 0 spiro atoms. The van der Waals surface area contributed by atoms with E-state index >= 15 is 0 Å². The standard InChI is InChI=1S/C9H11O3.C3H7.BrH.Mg/c1-10-7-5-4-6-8(11-2)9(7)12-3;1-3-2;;/h5-6H,1-3H3;1,3H2,2H3;1H;/q2*-1;;+2. The van der Waals surface area contributed by atoms with Crippen LogP contribution < -0.4 is 14.2 Å². The Morgan fingerprint density at radius 2 is 1.41 bits per heavy atom. The molecule has 1 rings (SSSR count). The summed E-state index contributed by atoms with van der Waals surface area (Å²) in [5.41, 5.74) is 0. The molecule has 0 aromatic heterocycles. The van der Waals surface area contributed by atoms with Gasteiger partial charge >= 0.3 is 23.1 Å². The van der Waals surface area contributed by atoms with Crippen LogP contribution in [0, 0.1) is 13.0 Å². The first-order valence-corrected chi connectivity index (χ1v) is 4.70. The number of benzene rings is 1. The molecule has 0 radical (unpaired) electrons. The van der Waals surface area contributed by atoms with Gasteiger partial charge in [-0.15, -0.1) is 29.1 Å². The summed E-state index contributed by atoms with van der Waals surface area (Å²) in [5, 5.41) is 0. The van der Waals surface area contributed by atoms with Gasteiger partial charge in [-0.05, 0) is 0 Å². The van der Waals surface area contributed by atoms with E-state index in [0.29, 0.717) is 17.2 Å². The predicted molar refractivity (Wildman–Crippen MR) is 76.7 cm³/mol. The summed E-state index contributed by atoms with van der Waals surface area (Å²) in [6.07, 6.45) is 1.00. The molecule has 0 unspecified atom stereocenters. The summed E-state index contributed by atoms with van der Waals surface area (Å²) >= 11 is 0. The van der Waals surface area contributed by atoms with Crippen LogP contribution in [-0.2, 0) is 0 Å². The van der Waals surface area contributed by atoms with Crippen molar-refractivity contribution in [2.75, 3.05) is 21.3 Å². The largest absolute Gasteiger partial charge is 2.00 e. The maximum Gasteiger partial charge on any atom is 2.00 e. The van der Waals surface area contributed by atoms with Gasteiger partial charge < -0.3 is 21.1 Å². The van der Waals surface area contributed by atoms with Crippen molar-refractivity contribution in [3.63, 3.8) is 0 Å². The first-order valence-electron chi connectivity index (χ1n) is 4.70. The number of ether oxygens (including phenoxy) is 3. The Hall–Kier alpha value is -0.134. The monoisotopic (exact) mass is 314 g/mol. The van der Waals surface area contributed by atoms with Gasteiger partial charge in [0.2, 0.25) is 0 Å². The van der Waals surface area contributed by atoms with Crippen molar-refractivity contribution in [3.05, 3.63) is 25.1 Å². The van der Waals surface area contributed by atoms with Crippen molar-refractivity contribution in [3.8, 4) is 17.2 Å². The molecule has 0 amide bonds. The van der Waals surface area contributed by atoms with Gasteiger partial charge in [0.15, 0.2) is 0 Å². The van der Waals surface area contributed by atoms with Gasteiger partial charge in [-0.1, -0.05) is 6.92 Å². The average molecular weight is 315 g/mol. The van der Waals surface area contributed by atoms with Gasteiger partial charge in [-0.3, -0.25) is 0 Å². The fourth-order valence-corrected chi connectivity index (χ4v) is 0.950. The van der Waals surface area contributed by atoms with Crippen LogP contribution in [0.15, 0.2) is 12.1 Å². The van der Waals surface area contributed by atoms with E-state index in [2.05, 4.69) is 13.0 Å². The zero-order chi connectivity index (χ0) is 11.7. The van der Waals surface area contributed by atoms with Crippen LogP contribution in [0.1, 0.15) is 13.3 Å². The number of hydrogen-bond donors (Lipinski definition) is 0. The zero-order valence-corrected chi connectivity index (χ0v) is 14.0. The molecule has 0 atom stereocenters. The van der Waals surface area contributed by atoms with Crippen LogP contribution in [-0.4, -0.2) is 44.4 Å². The van der Waals surface area contributed by atoms with E-state index in [0.717, 1.165) is 6.42 Å². The number of hydrogen-bond acceptors (Lipinski definition) is 3. The Kier molecular flexibility index (Phi) is 18.1. The Balaban J connectivity index is -0.000000356. The minimum absolute atomic E-state index is 0. The second-order valence-corrected chi connectivity index (χ2v) is 2.63. The first kappa shape index (κ1) is 22.1. The molecule has 0 bridgehead atoms. The van der Waals surface area contributed by atoms with E-state index in [1.54, 1.807) is 33.5 Å². The van der Waals surface area contributed by atoms with Gasteiger partial charge in [0.25, 0.3) is 0 Å². The molecule has 1 aromatic rings. The van der Waals surface area contributed by atoms with Crippen LogP contribution in [0.3, 0.4) is 0 Å². The Labute approximate surface area is 131 Å². The molecule has 17 heavy (non-hydrogen) atoms. The Bertz CT molecular complexity index is 260. The second-order valence-electron chi connectivity index (χ2n) is 2.63. The molecule has 0 saturated heterocycles. The summed E-state index contributed by atoms with van der Waals surface area (Å²) in [5.74, 6) is 1.84. The maximum absolute atomic E-state index is 5.09. The third-order valence-electron chi connectivity index (χ3n) is 1.52. The molecule has 0 N–H and O–H groups in total. The van der Waals surface area contributed by atoms with Crippen molar-refractivity contribution in [1.29, 1.82) is 0 Å². The van der Waals surface area contributed by atoms with Crippen molar-refractivity contribution in [2.24, 2.45) is 0 Å². The molecule has 0 aliphatic rings.